The van der Waals surface area contributed by atoms with Gasteiger partial charge in [-0.05, 0) is 12.1 Å². The van der Waals surface area contributed by atoms with Crippen LogP contribution >= 0.6 is 11.6 Å². The van der Waals surface area contributed by atoms with E-state index < -0.39 is 0 Å². The number of carbonyl (C=O) groups is 1. The first-order valence-electron chi connectivity index (χ1n) is 3.79. The summed E-state index contributed by atoms with van der Waals surface area (Å²) in [5, 5.41) is 1.27. The number of aromatic nitrogens is 2. The van der Waals surface area contributed by atoms with Crippen molar-refractivity contribution in [2.24, 2.45) is 7.05 Å². The van der Waals surface area contributed by atoms with Gasteiger partial charge in [0.15, 0.2) is 6.29 Å². The lowest BCUT2D eigenvalue weighted by atomic mass is 10.2. The summed E-state index contributed by atoms with van der Waals surface area (Å²) in [6.07, 6.45) is 2.55. The van der Waals surface area contributed by atoms with Crippen LogP contribution in [0.25, 0.3) is 11.0 Å². The number of nitrogens with zero attached hydrogens (tertiary/aromatic N) is 2. The molecule has 2 rings (SSSR count). The molecular formula is C9H7ClN2O. The zero-order valence-electron chi connectivity index (χ0n) is 6.99. The molecule has 0 atom stereocenters. The molecule has 0 N–H and O–H groups in total. The van der Waals surface area contributed by atoms with Crippen LogP contribution in [0, 0.1) is 0 Å². The maximum Gasteiger partial charge on any atom is 0.152 e. The van der Waals surface area contributed by atoms with Gasteiger partial charge in [0.25, 0.3) is 0 Å². The summed E-state index contributed by atoms with van der Waals surface area (Å²) < 4.78 is 1.78. The molecule has 0 bridgehead atoms. The third kappa shape index (κ3) is 1.21. The Morgan fingerprint density at radius 2 is 2.31 bits per heavy atom. The standard InChI is InChI=1S/C9H7ClN2O/c1-12-4-6(5-13)7-2-3-8(10)11-9(7)12/h2-5H,1H3. The highest BCUT2D eigenvalue weighted by Gasteiger charge is 2.06. The average Bonchev–Trinajstić information content (AvgIpc) is 2.43. The number of aldehydes is 1. The van der Waals surface area contributed by atoms with Gasteiger partial charge in [-0.3, -0.25) is 4.79 Å². The number of fused-ring (bicyclic) bond motifs is 1. The van der Waals surface area contributed by atoms with Gasteiger partial charge >= 0.3 is 0 Å². The highest BCUT2D eigenvalue weighted by atomic mass is 35.5. The largest absolute Gasteiger partial charge is 0.335 e. The fourth-order valence-corrected chi connectivity index (χ4v) is 1.50. The molecule has 3 nitrogen and oxygen atoms in total. The van der Waals surface area contributed by atoms with E-state index in [1.165, 1.54) is 0 Å². The SMILES string of the molecule is Cn1cc(C=O)c2ccc(Cl)nc21. The molecule has 0 aliphatic heterocycles. The van der Waals surface area contributed by atoms with Crippen LogP contribution < -0.4 is 0 Å². The highest BCUT2D eigenvalue weighted by Crippen LogP contribution is 2.19. The van der Waals surface area contributed by atoms with Crippen molar-refractivity contribution in [1.29, 1.82) is 0 Å². The summed E-state index contributed by atoms with van der Waals surface area (Å²) >= 11 is 5.73. The molecular weight excluding hydrogens is 188 g/mol. The minimum absolute atomic E-state index is 0.436. The van der Waals surface area contributed by atoms with Gasteiger partial charge in [-0.15, -0.1) is 0 Å². The van der Waals surface area contributed by atoms with Gasteiger partial charge in [-0.1, -0.05) is 11.6 Å². The van der Waals surface area contributed by atoms with Crippen molar-refractivity contribution in [3.05, 3.63) is 29.0 Å². The van der Waals surface area contributed by atoms with Crippen LogP contribution in [0.5, 0.6) is 0 Å². The number of aryl methyl sites for hydroxylation is 1. The van der Waals surface area contributed by atoms with Gasteiger partial charge in [0.05, 0.1) is 0 Å². The minimum atomic E-state index is 0.436. The maximum atomic E-state index is 10.6. The molecule has 2 aromatic rings. The van der Waals surface area contributed by atoms with Gasteiger partial charge in [0, 0.05) is 24.2 Å². The second-order valence-corrected chi connectivity index (χ2v) is 3.21. The zero-order valence-corrected chi connectivity index (χ0v) is 7.75. The molecule has 0 aliphatic carbocycles. The Labute approximate surface area is 79.9 Å². The molecule has 13 heavy (non-hydrogen) atoms. The lowest BCUT2D eigenvalue weighted by Gasteiger charge is -1.94. The van der Waals surface area contributed by atoms with Gasteiger partial charge < -0.3 is 4.57 Å². The normalized spacial score (nSPS) is 10.6. The van der Waals surface area contributed by atoms with E-state index in [0.29, 0.717) is 10.7 Å². The first-order chi connectivity index (χ1) is 6.22. The smallest absolute Gasteiger partial charge is 0.152 e. The Hall–Kier alpha value is -1.35. The average molecular weight is 195 g/mol. The molecule has 0 saturated carbocycles. The number of rotatable bonds is 1. The Morgan fingerprint density at radius 1 is 1.54 bits per heavy atom. The fourth-order valence-electron chi connectivity index (χ4n) is 1.35. The summed E-state index contributed by atoms with van der Waals surface area (Å²) in [6, 6.07) is 3.48. The first kappa shape index (κ1) is 8.26. The van der Waals surface area contributed by atoms with Crippen LogP contribution in [0.3, 0.4) is 0 Å². The Bertz CT molecular complexity index is 476. The van der Waals surface area contributed by atoms with Crippen molar-refractivity contribution >= 4 is 28.9 Å². The number of pyridine rings is 1. The molecule has 0 radical (unpaired) electrons. The molecule has 2 aromatic heterocycles. The first-order valence-corrected chi connectivity index (χ1v) is 4.17. The van der Waals surface area contributed by atoms with E-state index in [4.69, 9.17) is 11.6 Å². The molecule has 0 amide bonds. The van der Waals surface area contributed by atoms with E-state index in [0.717, 1.165) is 17.3 Å². The summed E-state index contributed by atoms with van der Waals surface area (Å²) in [5.41, 5.74) is 1.37. The van der Waals surface area contributed by atoms with Crippen LogP contribution in [0.2, 0.25) is 5.15 Å². The van der Waals surface area contributed by atoms with Crippen molar-refractivity contribution in [1.82, 2.24) is 9.55 Å². The van der Waals surface area contributed by atoms with Crippen LogP contribution in [0.4, 0.5) is 0 Å². The quantitative estimate of drug-likeness (QED) is 0.514. The summed E-state index contributed by atoms with van der Waals surface area (Å²) in [5.74, 6) is 0. The van der Waals surface area contributed by atoms with E-state index in [1.54, 1.807) is 22.9 Å². The van der Waals surface area contributed by atoms with Gasteiger partial charge in [0.1, 0.15) is 10.8 Å². The predicted molar refractivity (Wildman–Crippen MR) is 51.1 cm³/mol. The summed E-state index contributed by atoms with van der Waals surface area (Å²) in [4.78, 5) is 14.8. The van der Waals surface area contributed by atoms with E-state index in [9.17, 15) is 4.79 Å². The lowest BCUT2D eigenvalue weighted by Crippen LogP contribution is -1.86. The Kier molecular flexibility index (Phi) is 1.81. The third-order valence-electron chi connectivity index (χ3n) is 1.95. The summed E-state index contributed by atoms with van der Waals surface area (Å²) in [7, 11) is 1.83. The van der Waals surface area contributed by atoms with Crippen molar-refractivity contribution < 1.29 is 4.79 Å². The lowest BCUT2D eigenvalue weighted by molar-refractivity contribution is 0.112. The monoisotopic (exact) mass is 194 g/mol. The van der Waals surface area contributed by atoms with Crippen LogP contribution in [0.1, 0.15) is 10.4 Å². The third-order valence-corrected chi connectivity index (χ3v) is 2.16. The Balaban J connectivity index is 2.88. The van der Waals surface area contributed by atoms with Gasteiger partial charge in [-0.2, -0.15) is 0 Å². The fraction of sp³-hybridized carbons (Fsp3) is 0.111. The molecule has 0 aliphatic rings. The molecule has 0 fully saturated rings. The summed E-state index contributed by atoms with van der Waals surface area (Å²) in [6.45, 7) is 0. The second kappa shape index (κ2) is 2.85. The maximum absolute atomic E-state index is 10.6. The number of carbonyl (C=O) groups excluding carboxylic acids is 1. The van der Waals surface area contributed by atoms with E-state index in [1.807, 2.05) is 7.05 Å². The van der Waals surface area contributed by atoms with Crippen LogP contribution in [-0.2, 0) is 7.05 Å². The molecule has 0 unspecified atom stereocenters. The molecule has 0 spiro atoms. The van der Waals surface area contributed by atoms with E-state index in [2.05, 4.69) is 4.98 Å². The molecule has 2 heterocycles. The topological polar surface area (TPSA) is 34.9 Å². The van der Waals surface area contributed by atoms with Crippen molar-refractivity contribution in [3.8, 4) is 0 Å². The van der Waals surface area contributed by atoms with Crippen LogP contribution in [-0.4, -0.2) is 15.8 Å². The van der Waals surface area contributed by atoms with E-state index >= 15 is 0 Å². The van der Waals surface area contributed by atoms with Crippen molar-refractivity contribution in [2.45, 2.75) is 0 Å². The van der Waals surface area contributed by atoms with E-state index in [-0.39, 0.29) is 0 Å². The molecule has 0 aromatic carbocycles. The number of hydrogen-bond acceptors (Lipinski definition) is 2. The zero-order chi connectivity index (χ0) is 9.42. The second-order valence-electron chi connectivity index (χ2n) is 2.82. The number of hydrogen-bond donors (Lipinski definition) is 0. The number of halogens is 1. The van der Waals surface area contributed by atoms with Crippen molar-refractivity contribution in [3.63, 3.8) is 0 Å². The highest BCUT2D eigenvalue weighted by molar-refractivity contribution is 6.29. The Morgan fingerprint density at radius 3 is 3.00 bits per heavy atom. The molecule has 0 saturated heterocycles. The van der Waals surface area contributed by atoms with Gasteiger partial charge in [-0.25, -0.2) is 4.98 Å². The molecule has 4 heteroatoms. The van der Waals surface area contributed by atoms with Crippen LogP contribution in [0.15, 0.2) is 18.3 Å². The van der Waals surface area contributed by atoms with Gasteiger partial charge in [0.2, 0.25) is 0 Å². The van der Waals surface area contributed by atoms with Crippen molar-refractivity contribution in [2.75, 3.05) is 0 Å². The minimum Gasteiger partial charge on any atom is -0.335 e. The predicted octanol–water partition coefficient (Wildman–Crippen LogP) is 2.04. The molecule has 66 valence electrons.